The lowest BCUT2D eigenvalue weighted by Gasteiger charge is -2.32. The van der Waals surface area contributed by atoms with E-state index in [2.05, 4.69) is 5.32 Å². The lowest BCUT2D eigenvalue weighted by molar-refractivity contribution is -0.139. The molecule has 0 saturated heterocycles. The van der Waals surface area contributed by atoms with Gasteiger partial charge in [0.05, 0.1) is 11.9 Å². The van der Waals surface area contributed by atoms with E-state index in [9.17, 15) is 18.0 Å². The van der Waals surface area contributed by atoms with Gasteiger partial charge in [-0.3, -0.25) is 13.9 Å². The number of amides is 2. The molecule has 1 unspecified atom stereocenters. The van der Waals surface area contributed by atoms with Crippen LogP contribution in [-0.2, 0) is 26.2 Å². The molecule has 0 radical (unpaired) electrons. The second kappa shape index (κ2) is 11.6. The minimum absolute atomic E-state index is 0.108. The van der Waals surface area contributed by atoms with Gasteiger partial charge in [0.1, 0.15) is 12.6 Å². The van der Waals surface area contributed by atoms with E-state index < -0.39 is 34.4 Å². The number of hydrogen-bond donors (Lipinski definition) is 1. The van der Waals surface area contributed by atoms with Gasteiger partial charge in [-0.05, 0) is 44.2 Å². The van der Waals surface area contributed by atoms with Gasteiger partial charge in [0.2, 0.25) is 21.8 Å². The molecule has 0 heterocycles. The van der Waals surface area contributed by atoms with E-state index in [1.165, 1.54) is 30.0 Å². The van der Waals surface area contributed by atoms with Crippen molar-refractivity contribution in [3.05, 3.63) is 62.1 Å². The van der Waals surface area contributed by atoms with Gasteiger partial charge in [0.15, 0.2) is 0 Å². The van der Waals surface area contributed by atoms with E-state index in [1.807, 2.05) is 0 Å². The lowest BCUT2D eigenvalue weighted by atomic mass is 10.1. The Morgan fingerprint density at radius 3 is 2.06 bits per heavy atom. The number of hydrogen-bond acceptors (Lipinski definition) is 4. The van der Waals surface area contributed by atoms with Crippen LogP contribution in [0.15, 0.2) is 36.4 Å². The van der Waals surface area contributed by atoms with Gasteiger partial charge < -0.3 is 10.2 Å². The fourth-order valence-electron chi connectivity index (χ4n) is 3.06. The first kappa shape index (κ1) is 27.5. The third-order valence-electron chi connectivity index (χ3n) is 4.72. The smallest absolute Gasteiger partial charge is 0.244 e. The van der Waals surface area contributed by atoms with Gasteiger partial charge in [0, 0.05) is 38.7 Å². The number of nitrogens with zero attached hydrogens (tertiary/aromatic N) is 2. The molecule has 0 aromatic heterocycles. The molecule has 2 aromatic carbocycles. The number of carbonyl (C=O) groups excluding carboxylic acids is 2. The second-order valence-electron chi connectivity index (χ2n) is 7.19. The SMILES string of the molecule is CCNC(=O)C(C)N(Cc1c(Cl)cccc1Cl)C(=O)CN(c1cc(Cl)cc(Cl)c1)S(C)(=O)=O. The molecule has 1 atom stereocenters. The minimum Gasteiger partial charge on any atom is -0.355 e. The first-order valence-electron chi connectivity index (χ1n) is 9.79. The van der Waals surface area contributed by atoms with E-state index in [1.54, 1.807) is 25.1 Å². The van der Waals surface area contributed by atoms with Gasteiger partial charge in [-0.15, -0.1) is 0 Å². The maximum absolute atomic E-state index is 13.4. The van der Waals surface area contributed by atoms with Crippen molar-refractivity contribution in [2.75, 3.05) is 23.7 Å². The summed E-state index contributed by atoms with van der Waals surface area (Å²) < 4.78 is 25.9. The van der Waals surface area contributed by atoms with Gasteiger partial charge in [-0.2, -0.15) is 0 Å². The Morgan fingerprint density at radius 2 is 1.58 bits per heavy atom. The Bertz CT molecular complexity index is 1100. The Labute approximate surface area is 213 Å². The van der Waals surface area contributed by atoms with Gasteiger partial charge in [-0.1, -0.05) is 52.5 Å². The number of benzene rings is 2. The number of sulfonamides is 1. The van der Waals surface area contributed by atoms with Gasteiger partial charge in [0.25, 0.3) is 0 Å². The molecular formula is C21H23Cl4N3O4S. The predicted octanol–water partition coefficient (Wildman–Crippen LogP) is 4.62. The van der Waals surface area contributed by atoms with Crippen molar-refractivity contribution >= 4 is 73.9 Å². The van der Waals surface area contributed by atoms with Crippen LogP contribution in [0.4, 0.5) is 5.69 Å². The molecule has 0 aliphatic rings. The highest BCUT2D eigenvalue weighted by Gasteiger charge is 2.31. The second-order valence-corrected chi connectivity index (χ2v) is 10.8. The number of anilines is 1. The molecule has 0 saturated carbocycles. The van der Waals surface area contributed by atoms with Crippen LogP contribution in [0.25, 0.3) is 0 Å². The molecule has 2 aromatic rings. The summed E-state index contributed by atoms with van der Waals surface area (Å²) in [7, 11) is -3.91. The fourth-order valence-corrected chi connectivity index (χ4v) is 4.92. The van der Waals surface area contributed by atoms with Crippen LogP contribution in [0.1, 0.15) is 19.4 Å². The Morgan fingerprint density at radius 1 is 1.03 bits per heavy atom. The zero-order chi connectivity index (χ0) is 24.9. The normalized spacial score (nSPS) is 12.2. The molecule has 12 heteroatoms. The van der Waals surface area contributed by atoms with Crippen LogP contribution in [0.5, 0.6) is 0 Å². The maximum Gasteiger partial charge on any atom is 0.244 e. The monoisotopic (exact) mass is 553 g/mol. The molecule has 2 rings (SSSR count). The number of halogens is 4. The fraction of sp³-hybridized carbons (Fsp3) is 0.333. The molecule has 0 fully saturated rings. The zero-order valence-electron chi connectivity index (χ0n) is 18.1. The van der Waals surface area contributed by atoms with E-state index in [-0.39, 0.29) is 22.3 Å². The highest BCUT2D eigenvalue weighted by Crippen LogP contribution is 2.29. The highest BCUT2D eigenvalue weighted by atomic mass is 35.5. The molecule has 0 aliphatic carbocycles. The Hall–Kier alpha value is -1.71. The van der Waals surface area contributed by atoms with Crippen molar-refractivity contribution in [1.29, 1.82) is 0 Å². The predicted molar refractivity (Wildman–Crippen MR) is 134 cm³/mol. The summed E-state index contributed by atoms with van der Waals surface area (Å²) in [5, 5.41) is 3.69. The van der Waals surface area contributed by atoms with Crippen molar-refractivity contribution in [3.8, 4) is 0 Å². The maximum atomic E-state index is 13.4. The average Bonchev–Trinajstić information content (AvgIpc) is 2.69. The number of nitrogens with one attached hydrogen (secondary N) is 1. The standard InChI is InChI=1S/C21H23Cl4N3O4S/c1-4-26-21(30)13(2)27(11-17-18(24)6-5-7-19(17)25)20(29)12-28(33(3,31)32)16-9-14(22)8-15(23)10-16/h5-10,13H,4,11-12H2,1-3H3,(H,26,30). The molecule has 0 aliphatic heterocycles. The van der Waals surface area contributed by atoms with E-state index in [0.29, 0.717) is 22.2 Å². The molecule has 33 heavy (non-hydrogen) atoms. The Balaban J connectivity index is 2.48. The lowest BCUT2D eigenvalue weighted by Crippen LogP contribution is -2.51. The summed E-state index contributed by atoms with van der Waals surface area (Å²) in [6, 6.07) is 8.14. The van der Waals surface area contributed by atoms with E-state index in [0.717, 1.165) is 10.6 Å². The van der Waals surface area contributed by atoms with Crippen molar-refractivity contribution in [3.63, 3.8) is 0 Å². The first-order valence-corrected chi connectivity index (χ1v) is 13.1. The van der Waals surface area contributed by atoms with E-state index >= 15 is 0 Å². The molecule has 2 amide bonds. The average molecular weight is 555 g/mol. The summed E-state index contributed by atoms with van der Waals surface area (Å²) in [4.78, 5) is 27.2. The van der Waals surface area contributed by atoms with Gasteiger partial charge >= 0.3 is 0 Å². The number of rotatable bonds is 9. The highest BCUT2D eigenvalue weighted by molar-refractivity contribution is 7.92. The van der Waals surface area contributed by atoms with Crippen molar-refractivity contribution in [1.82, 2.24) is 10.2 Å². The topological polar surface area (TPSA) is 86.8 Å². The van der Waals surface area contributed by atoms with Crippen LogP contribution in [-0.4, -0.2) is 50.5 Å². The number of carbonyl (C=O) groups is 2. The van der Waals surface area contributed by atoms with Gasteiger partial charge in [-0.25, -0.2) is 8.42 Å². The molecular weight excluding hydrogens is 532 g/mol. The van der Waals surface area contributed by atoms with Crippen LogP contribution in [0.3, 0.4) is 0 Å². The summed E-state index contributed by atoms with van der Waals surface area (Å²) in [5.74, 6) is -1.06. The summed E-state index contributed by atoms with van der Waals surface area (Å²) in [5.41, 5.74) is 0.548. The van der Waals surface area contributed by atoms with Crippen LogP contribution >= 0.6 is 46.4 Å². The van der Waals surface area contributed by atoms with E-state index in [4.69, 9.17) is 46.4 Å². The third-order valence-corrected chi connectivity index (χ3v) is 7.01. The Kier molecular flexibility index (Phi) is 9.70. The first-order chi connectivity index (χ1) is 15.3. The largest absolute Gasteiger partial charge is 0.355 e. The minimum atomic E-state index is -3.91. The molecule has 7 nitrogen and oxygen atoms in total. The molecule has 0 bridgehead atoms. The van der Waals surface area contributed by atoms with Crippen LogP contribution in [0, 0.1) is 0 Å². The number of likely N-dealkylation sites (N-methyl/N-ethyl adjacent to an activating group) is 1. The summed E-state index contributed by atoms with van der Waals surface area (Å²) in [6.45, 7) is 2.93. The quantitative estimate of drug-likeness (QED) is 0.490. The molecule has 0 spiro atoms. The van der Waals surface area contributed by atoms with Crippen LogP contribution < -0.4 is 9.62 Å². The third kappa shape index (κ3) is 7.39. The summed E-state index contributed by atoms with van der Waals surface area (Å²) in [6.07, 6.45) is 0.956. The van der Waals surface area contributed by atoms with Crippen molar-refractivity contribution in [2.45, 2.75) is 26.4 Å². The molecule has 1 N–H and O–H groups in total. The molecule has 180 valence electrons. The zero-order valence-corrected chi connectivity index (χ0v) is 22.0. The van der Waals surface area contributed by atoms with Crippen molar-refractivity contribution < 1.29 is 18.0 Å². The van der Waals surface area contributed by atoms with Crippen LogP contribution in [0.2, 0.25) is 20.1 Å². The van der Waals surface area contributed by atoms with Crippen molar-refractivity contribution in [2.24, 2.45) is 0 Å². The summed E-state index contributed by atoms with van der Waals surface area (Å²) >= 11 is 24.6.